The van der Waals surface area contributed by atoms with E-state index in [1.54, 1.807) is 17.4 Å². The van der Waals surface area contributed by atoms with Gasteiger partial charge in [-0.25, -0.2) is 4.39 Å². The van der Waals surface area contributed by atoms with Crippen LogP contribution in [0.4, 0.5) is 4.39 Å². The molecule has 19 heavy (non-hydrogen) atoms. The van der Waals surface area contributed by atoms with Gasteiger partial charge in [-0.15, -0.1) is 11.3 Å². The summed E-state index contributed by atoms with van der Waals surface area (Å²) in [6, 6.07) is 8.95. The van der Waals surface area contributed by atoms with Crippen LogP contribution in [0.2, 0.25) is 5.02 Å². The maximum absolute atomic E-state index is 13.3. The van der Waals surface area contributed by atoms with Gasteiger partial charge in [0.1, 0.15) is 5.82 Å². The number of benzene rings is 1. The average Bonchev–Trinajstić information content (AvgIpc) is 2.88. The highest BCUT2D eigenvalue weighted by Gasteiger charge is 2.13. The van der Waals surface area contributed by atoms with Crippen molar-refractivity contribution in [3.63, 3.8) is 0 Å². The van der Waals surface area contributed by atoms with Crippen LogP contribution in [0.15, 0.2) is 30.3 Å². The van der Waals surface area contributed by atoms with Gasteiger partial charge >= 0.3 is 0 Å². The van der Waals surface area contributed by atoms with Crippen LogP contribution in [0.5, 0.6) is 0 Å². The van der Waals surface area contributed by atoms with Crippen molar-refractivity contribution in [3.05, 3.63) is 46.0 Å². The first-order chi connectivity index (χ1) is 9.15. The van der Waals surface area contributed by atoms with Gasteiger partial charge in [0.2, 0.25) is 0 Å². The van der Waals surface area contributed by atoms with Gasteiger partial charge in [-0.2, -0.15) is 0 Å². The van der Waals surface area contributed by atoms with E-state index in [4.69, 9.17) is 11.6 Å². The van der Waals surface area contributed by atoms with Crippen molar-refractivity contribution in [1.29, 1.82) is 0 Å². The van der Waals surface area contributed by atoms with Crippen molar-refractivity contribution >= 4 is 22.9 Å². The molecule has 1 atom stereocenters. The third-order valence-electron chi connectivity index (χ3n) is 3.09. The topological polar surface area (TPSA) is 12.0 Å². The molecule has 0 saturated carbocycles. The highest BCUT2D eigenvalue weighted by Crippen LogP contribution is 2.36. The van der Waals surface area contributed by atoms with Crippen molar-refractivity contribution < 1.29 is 4.39 Å². The summed E-state index contributed by atoms with van der Waals surface area (Å²) < 4.78 is 13.3. The van der Waals surface area contributed by atoms with E-state index in [9.17, 15) is 4.39 Å². The van der Waals surface area contributed by atoms with E-state index >= 15 is 0 Å². The number of thiophene rings is 1. The van der Waals surface area contributed by atoms with Crippen molar-refractivity contribution in [1.82, 2.24) is 5.32 Å². The molecule has 0 saturated heterocycles. The minimum absolute atomic E-state index is 0.256. The lowest BCUT2D eigenvalue weighted by molar-refractivity contribution is 0.550. The highest BCUT2D eigenvalue weighted by molar-refractivity contribution is 7.15. The van der Waals surface area contributed by atoms with E-state index in [2.05, 4.69) is 18.3 Å². The van der Waals surface area contributed by atoms with Gasteiger partial charge in [-0.3, -0.25) is 0 Å². The third-order valence-corrected chi connectivity index (χ3v) is 4.65. The summed E-state index contributed by atoms with van der Waals surface area (Å²) in [5.41, 5.74) is 0.768. The first-order valence-electron chi connectivity index (χ1n) is 6.38. The minimum atomic E-state index is -0.256. The second-order valence-electron chi connectivity index (χ2n) is 4.46. The highest BCUT2D eigenvalue weighted by atomic mass is 35.5. The maximum Gasteiger partial charge on any atom is 0.123 e. The van der Waals surface area contributed by atoms with Gasteiger partial charge < -0.3 is 5.32 Å². The molecule has 0 fully saturated rings. The Balaban J connectivity index is 2.32. The standard InChI is InChI=1S/C15H17ClFNS/c1-3-4-13(18-2)15-8-7-14(19-15)11-9-10(17)5-6-12(11)16/h5-9,13,18H,3-4H2,1-2H3. The van der Waals surface area contributed by atoms with E-state index in [0.29, 0.717) is 11.1 Å². The molecule has 0 aliphatic rings. The van der Waals surface area contributed by atoms with Crippen LogP contribution in [-0.4, -0.2) is 7.05 Å². The Morgan fingerprint density at radius 2 is 2.11 bits per heavy atom. The van der Waals surface area contributed by atoms with Crippen LogP contribution in [0.1, 0.15) is 30.7 Å². The molecule has 0 radical (unpaired) electrons. The Hall–Kier alpha value is -0.900. The summed E-state index contributed by atoms with van der Waals surface area (Å²) >= 11 is 7.81. The van der Waals surface area contributed by atoms with Gasteiger partial charge in [0.05, 0.1) is 0 Å². The zero-order valence-corrected chi connectivity index (χ0v) is 12.6. The van der Waals surface area contributed by atoms with Crippen LogP contribution in [0.25, 0.3) is 10.4 Å². The fourth-order valence-electron chi connectivity index (χ4n) is 2.09. The second kappa shape index (κ2) is 6.51. The summed E-state index contributed by atoms with van der Waals surface area (Å²) in [7, 11) is 1.97. The Kier molecular flexibility index (Phi) is 4.97. The van der Waals surface area contributed by atoms with Gasteiger partial charge in [-0.05, 0) is 43.8 Å². The molecule has 1 heterocycles. The maximum atomic E-state index is 13.3. The molecular formula is C15H17ClFNS. The fraction of sp³-hybridized carbons (Fsp3) is 0.333. The van der Waals surface area contributed by atoms with Crippen LogP contribution >= 0.6 is 22.9 Å². The average molecular weight is 298 g/mol. The van der Waals surface area contributed by atoms with E-state index < -0.39 is 0 Å². The predicted molar refractivity (Wildman–Crippen MR) is 81.4 cm³/mol. The van der Waals surface area contributed by atoms with E-state index in [-0.39, 0.29) is 5.82 Å². The molecule has 1 aromatic carbocycles. The molecular weight excluding hydrogens is 281 g/mol. The second-order valence-corrected chi connectivity index (χ2v) is 5.98. The molecule has 0 aliphatic heterocycles. The third kappa shape index (κ3) is 3.35. The summed E-state index contributed by atoms with van der Waals surface area (Å²) in [6.45, 7) is 2.17. The molecule has 1 nitrogen and oxygen atoms in total. The lowest BCUT2D eigenvalue weighted by atomic mass is 10.1. The summed E-state index contributed by atoms with van der Waals surface area (Å²) in [6.07, 6.45) is 2.22. The smallest absolute Gasteiger partial charge is 0.123 e. The summed E-state index contributed by atoms with van der Waals surface area (Å²) in [5.74, 6) is -0.256. The molecule has 1 N–H and O–H groups in total. The molecule has 0 bridgehead atoms. The monoisotopic (exact) mass is 297 g/mol. The lowest BCUT2D eigenvalue weighted by Crippen LogP contribution is -2.14. The van der Waals surface area contributed by atoms with Crippen LogP contribution in [0.3, 0.4) is 0 Å². The number of hydrogen-bond acceptors (Lipinski definition) is 2. The quantitative estimate of drug-likeness (QED) is 0.793. The Labute approximate surface area is 122 Å². The number of rotatable bonds is 5. The van der Waals surface area contributed by atoms with Gasteiger partial charge in [-0.1, -0.05) is 24.9 Å². The van der Waals surface area contributed by atoms with Crippen LogP contribution in [-0.2, 0) is 0 Å². The van der Waals surface area contributed by atoms with Crippen molar-refractivity contribution in [2.75, 3.05) is 7.05 Å². The van der Waals surface area contributed by atoms with E-state index in [0.717, 1.165) is 23.3 Å². The van der Waals surface area contributed by atoms with E-state index in [1.165, 1.54) is 17.0 Å². The minimum Gasteiger partial charge on any atom is -0.312 e. The molecule has 0 spiro atoms. The molecule has 2 aromatic rings. The first kappa shape index (κ1) is 14.5. The zero-order chi connectivity index (χ0) is 13.8. The Bertz CT molecular complexity index is 553. The van der Waals surface area contributed by atoms with Crippen LogP contribution < -0.4 is 5.32 Å². The van der Waals surface area contributed by atoms with Gasteiger partial charge in [0.15, 0.2) is 0 Å². The molecule has 2 rings (SSSR count). The predicted octanol–water partition coefficient (Wildman–Crippen LogP) is 5.27. The lowest BCUT2D eigenvalue weighted by Gasteiger charge is -2.12. The molecule has 4 heteroatoms. The van der Waals surface area contributed by atoms with Gasteiger partial charge in [0, 0.05) is 26.4 Å². The van der Waals surface area contributed by atoms with E-state index in [1.807, 2.05) is 13.1 Å². The zero-order valence-electron chi connectivity index (χ0n) is 11.0. The summed E-state index contributed by atoms with van der Waals surface area (Å²) in [5, 5.41) is 3.90. The van der Waals surface area contributed by atoms with Crippen molar-refractivity contribution in [2.45, 2.75) is 25.8 Å². The summed E-state index contributed by atoms with van der Waals surface area (Å²) in [4.78, 5) is 2.27. The normalized spacial score (nSPS) is 12.6. The first-order valence-corrected chi connectivity index (χ1v) is 7.57. The molecule has 102 valence electrons. The van der Waals surface area contributed by atoms with Gasteiger partial charge in [0.25, 0.3) is 0 Å². The molecule has 0 aliphatic carbocycles. The molecule has 1 aromatic heterocycles. The number of nitrogens with one attached hydrogen (secondary N) is 1. The largest absolute Gasteiger partial charge is 0.312 e. The van der Waals surface area contributed by atoms with Crippen LogP contribution in [0, 0.1) is 5.82 Å². The number of halogens is 2. The Morgan fingerprint density at radius 3 is 2.79 bits per heavy atom. The number of hydrogen-bond donors (Lipinski definition) is 1. The SMILES string of the molecule is CCCC(NC)c1ccc(-c2cc(F)ccc2Cl)s1. The van der Waals surface area contributed by atoms with Crippen molar-refractivity contribution in [2.24, 2.45) is 0 Å². The molecule has 1 unspecified atom stereocenters. The Morgan fingerprint density at radius 1 is 1.32 bits per heavy atom. The fourth-order valence-corrected chi connectivity index (χ4v) is 3.55. The van der Waals surface area contributed by atoms with Crippen molar-refractivity contribution in [3.8, 4) is 10.4 Å². The molecule has 0 amide bonds.